The first kappa shape index (κ1) is 17.0. The largest absolute Gasteiger partial charge is 0.495 e. The quantitative estimate of drug-likeness (QED) is 0.690. The molecule has 3 aromatic rings. The summed E-state index contributed by atoms with van der Waals surface area (Å²) in [5, 5.41) is 7.61. The molecule has 5 nitrogen and oxygen atoms in total. The number of fused-ring (bicyclic) bond motifs is 1. The third-order valence-electron chi connectivity index (χ3n) is 3.74. The number of rotatable bonds is 6. The number of aromatic nitrogens is 1. The number of hydrogen-bond acceptors (Lipinski definition) is 4. The number of amides is 1. The van der Waals surface area contributed by atoms with Gasteiger partial charge in [0.15, 0.2) is 0 Å². The van der Waals surface area contributed by atoms with E-state index in [1.165, 1.54) is 0 Å². The molecule has 0 saturated heterocycles. The van der Waals surface area contributed by atoms with Crippen molar-refractivity contribution in [1.29, 1.82) is 0 Å². The van der Waals surface area contributed by atoms with Gasteiger partial charge in [0, 0.05) is 30.2 Å². The summed E-state index contributed by atoms with van der Waals surface area (Å²) in [6.45, 7) is 0.505. The molecule has 0 fully saturated rings. The second-order valence-corrected chi connectivity index (χ2v) is 5.86. The van der Waals surface area contributed by atoms with Crippen LogP contribution in [0.15, 0.2) is 54.7 Å². The number of ether oxygens (including phenoxy) is 1. The highest BCUT2D eigenvalue weighted by atomic mass is 35.5. The molecule has 2 N–H and O–H groups in total. The van der Waals surface area contributed by atoms with Crippen LogP contribution in [-0.2, 0) is 4.79 Å². The van der Waals surface area contributed by atoms with Crippen molar-refractivity contribution in [2.45, 2.75) is 6.42 Å². The van der Waals surface area contributed by atoms with E-state index in [1.807, 2.05) is 30.3 Å². The van der Waals surface area contributed by atoms with Crippen molar-refractivity contribution in [2.24, 2.45) is 0 Å². The Morgan fingerprint density at radius 3 is 2.84 bits per heavy atom. The molecular weight excluding hydrogens is 338 g/mol. The average molecular weight is 356 g/mol. The predicted octanol–water partition coefficient (Wildman–Crippen LogP) is 4.34. The first-order valence-electron chi connectivity index (χ1n) is 7.88. The lowest BCUT2D eigenvalue weighted by Crippen LogP contribution is -2.16. The summed E-state index contributed by atoms with van der Waals surface area (Å²) in [5.74, 6) is 0.478. The zero-order chi connectivity index (χ0) is 17.6. The lowest BCUT2D eigenvalue weighted by molar-refractivity contribution is -0.115. The minimum atomic E-state index is -0.0954. The van der Waals surface area contributed by atoms with Gasteiger partial charge in [-0.1, -0.05) is 29.8 Å². The molecule has 0 saturated carbocycles. The number of carbonyl (C=O) groups is 1. The van der Waals surface area contributed by atoms with Crippen LogP contribution >= 0.6 is 11.6 Å². The first-order valence-corrected chi connectivity index (χ1v) is 8.26. The lowest BCUT2D eigenvalue weighted by atomic mass is 10.2. The van der Waals surface area contributed by atoms with Crippen LogP contribution in [-0.4, -0.2) is 24.5 Å². The standard InChI is InChI=1S/C19H18ClN3O2/c1-25-17-8-7-14(12-15(17)20)23-18(24)9-11-21-16-6-2-4-13-5-3-10-22-19(13)16/h2-8,10,12,21H,9,11H2,1H3,(H,23,24). The zero-order valence-corrected chi connectivity index (χ0v) is 14.5. The normalized spacial score (nSPS) is 10.5. The molecule has 1 aromatic heterocycles. The zero-order valence-electron chi connectivity index (χ0n) is 13.8. The number of nitrogens with zero attached hydrogens (tertiary/aromatic N) is 1. The van der Waals surface area contributed by atoms with Crippen molar-refractivity contribution in [3.8, 4) is 5.75 Å². The number of pyridine rings is 1. The fraction of sp³-hybridized carbons (Fsp3) is 0.158. The maximum atomic E-state index is 12.1. The topological polar surface area (TPSA) is 63.2 Å². The molecule has 0 aliphatic heterocycles. The molecule has 3 rings (SSSR count). The number of hydrogen-bond donors (Lipinski definition) is 2. The molecule has 0 aliphatic rings. The van der Waals surface area contributed by atoms with E-state index < -0.39 is 0 Å². The molecule has 1 heterocycles. The van der Waals surface area contributed by atoms with Crippen molar-refractivity contribution >= 4 is 39.8 Å². The highest BCUT2D eigenvalue weighted by Crippen LogP contribution is 2.27. The Kier molecular flexibility index (Phi) is 5.36. The van der Waals surface area contributed by atoms with Crippen LogP contribution in [0.25, 0.3) is 10.9 Å². The monoisotopic (exact) mass is 355 g/mol. The average Bonchev–Trinajstić information content (AvgIpc) is 2.62. The van der Waals surface area contributed by atoms with Crippen molar-refractivity contribution in [1.82, 2.24) is 4.98 Å². The molecule has 2 aromatic carbocycles. The van der Waals surface area contributed by atoms with E-state index in [9.17, 15) is 4.79 Å². The van der Waals surface area contributed by atoms with Crippen LogP contribution in [0.1, 0.15) is 6.42 Å². The minimum absolute atomic E-state index is 0.0954. The van der Waals surface area contributed by atoms with Gasteiger partial charge in [0.2, 0.25) is 5.91 Å². The van der Waals surface area contributed by atoms with E-state index in [1.54, 1.807) is 31.5 Å². The summed E-state index contributed by atoms with van der Waals surface area (Å²) < 4.78 is 5.09. The summed E-state index contributed by atoms with van der Waals surface area (Å²) in [4.78, 5) is 16.5. The SMILES string of the molecule is COc1ccc(NC(=O)CCNc2cccc3cccnc23)cc1Cl. The van der Waals surface area contributed by atoms with Crippen molar-refractivity contribution < 1.29 is 9.53 Å². The van der Waals surface area contributed by atoms with E-state index in [0.29, 0.717) is 29.4 Å². The van der Waals surface area contributed by atoms with Gasteiger partial charge in [0.05, 0.1) is 23.3 Å². The summed E-state index contributed by atoms with van der Waals surface area (Å²) in [5.41, 5.74) is 2.45. The number of nitrogens with one attached hydrogen (secondary N) is 2. The number of anilines is 2. The lowest BCUT2D eigenvalue weighted by Gasteiger charge is -2.10. The van der Waals surface area contributed by atoms with Gasteiger partial charge in [-0.2, -0.15) is 0 Å². The molecule has 0 atom stereocenters. The summed E-state index contributed by atoms with van der Waals surface area (Å²) in [6, 6.07) is 15.0. The van der Waals surface area contributed by atoms with Gasteiger partial charge in [-0.25, -0.2) is 0 Å². The van der Waals surface area contributed by atoms with E-state index in [2.05, 4.69) is 15.6 Å². The molecule has 1 amide bonds. The number of halogens is 1. The van der Waals surface area contributed by atoms with Crippen LogP contribution in [0.4, 0.5) is 11.4 Å². The van der Waals surface area contributed by atoms with E-state index in [0.717, 1.165) is 16.6 Å². The fourth-order valence-corrected chi connectivity index (χ4v) is 2.78. The second-order valence-electron chi connectivity index (χ2n) is 5.45. The van der Waals surface area contributed by atoms with Crippen LogP contribution < -0.4 is 15.4 Å². The van der Waals surface area contributed by atoms with Gasteiger partial charge < -0.3 is 15.4 Å². The highest BCUT2D eigenvalue weighted by Gasteiger charge is 2.07. The fourth-order valence-electron chi connectivity index (χ4n) is 2.53. The van der Waals surface area contributed by atoms with Gasteiger partial charge in [-0.05, 0) is 30.3 Å². The van der Waals surface area contributed by atoms with Gasteiger partial charge in [-0.15, -0.1) is 0 Å². The molecule has 0 spiro atoms. The van der Waals surface area contributed by atoms with Gasteiger partial charge in [-0.3, -0.25) is 9.78 Å². The molecule has 0 unspecified atom stereocenters. The Labute approximate surface area is 151 Å². The molecule has 6 heteroatoms. The Bertz CT molecular complexity index is 893. The molecule has 128 valence electrons. The Hall–Kier alpha value is -2.79. The third-order valence-corrected chi connectivity index (χ3v) is 4.03. The number of carbonyl (C=O) groups excluding carboxylic acids is 1. The molecule has 0 radical (unpaired) electrons. The van der Waals surface area contributed by atoms with Crippen molar-refractivity contribution in [3.63, 3.8) is 0 Å². The van der Waals surface area contributed by atoms with E-state index in [4.69, 9.17) is 16.3 Å². The Morgan fingerprint density at radius 2 is 2.04 bits per heavy atom. The van der Waals surface area contributed by atoms with E-state index >= 15 is 0 Å². The highest BCUT2D eigenvalue weighted by molar-refractivity contribution is 6.32. The van der Waals surface area contributed by atoms with Crippen LogP contribution in [0.5, 0.6) is 5.75 Å². The molecule has 0 bridgehead atoms. The van der Waals surface area contributed by atoms with Gasteiger partial charge >= 0.3 is 0 Å². The Balaban J connectivity index is 1.56. The maximum Gasteiger partial charge on any atom is 0.226 e. The summed E-state index contributed by atoms with van der Waals surface area (Å²) in [7, 11) is 1.55. The van der Waals surface area contributed by atoms with Crippen LogP contribution in [0, 0.1) is 0 Å². The van der Waals surface area contributed by atoms with Crippen LogP contribution in [0.2, 0.25) is 5.02 Å². The van der Waals surface area contributed by atoms with E-state index in [-0.39, 0.29) is 5.91 Å². The maximum absolute atomic E-state index is 12.1. The number of benzene rings is 2. The number of methoxy groups -OCH3 is 1. The molecule has 25 heavy (non-hydrogen) atoms. The van der Waals surface area contributed by atoms with Crippen molar-refractivity contribution in [2.75, 3.05) is 24.3 Å². The van der Waals surface area contributed by atoms with Gasteiger partial charge in [0.25, 0.3) is 0 Å². The first-order chi connectivity index (χ1) is 12.2. The van der Waals surface area contributed by atoms with Crippen molar-refractivity contribution in [3.05, 3.63) is 59.8 Å². The van der Waals surface area contributed by atoms with Gasteiger partial charge in [0.1, 0.15) is 5.75 Å². The second kappa shape index (κ2) is 7.85. The van der Waals surface area contributed by atoms with Crippen LogP contribution in [0.3, 0.4) is 0 Å². The Morgan fingerprint density at radius 1 is 1.20 bits per heavy atom. The minimum Gasteiger partial charge on any atom is -0.495 e. The predicted molar refractivity (Wildman–Crippen MR) is 101 cm³/mol. The summed E-state index contributed by atoms with van der Waals surface area (Å²) >= 11 is 6.06. The molecule has 0 aliphatic carbocycles. The molecular formula is C19H18ClN3O2. The number of para-hydroxylation sites is 1. The smallest absolute Gasteiger partial charge is 0.226 e. The third kappa shape index (κ3) is 4.19. The summed E-state index contributed by atoms with van der Waals surface area (Å²) in [6.07, 6.45) is 2.08.